The topological polar surface area (TPSA) is 29.5 Å². The molecule has 3 nitrogen and oxygen atoms in total. The highest BCUT2D eigenvalue weighted by Gasteiger charge is 2.46. The van der Waals surface area contributed by atoms with E-state index in [2.05, 4.69) is 47.4 Å². The van der Waals surface area contributed by atoms with Gasteiger partial charge in [0.2, 0.25) is 6.41 Å². The summed E-state index contributed by atoms with van der Waals surface area (Å²) in [6.45, 7) is 19.0. The van der Waals surface area contributed by atoms with Crippen molar-refractivity contribution in [1.82, 2.24) is 4.90 Å². The Bertz CT molecular complexity index is 373. The van der Waals surface area contributed by atoms with Gasteiger partial charge in [-0.1, -0.05) is 40.7 Å². The largest absolute Gasteiger partial charge is 0.414 e. The van der Waals surface area contributed by atoms with Crippen molar-refractivity contribution >= 4 is 14.7 Å². The highest BCUT2D eigenvalue weighted by Crippen LogP contribution is 2.41. The summed E-state index contributed by atoms with van der Waals surface area (Å²) in [5, 5.41) is 0.187. The number of nitrogens with zero attached hydrogens (tertiary/aromatic N) is 1. The van der Waals surface area contributed by atoms with Crippen LogP contribution in [-0.4, -0.2) is 38.3 Å². The minimum absolute atomic E-state index is 0.187. The van der Waals surface area contributed by atoms with Crippen molar-refractivity contribution in [3.63, 3.8) is 0 Å². The van der Waals surface area contributed by atoms with Gasteiger partial charge < -0.3 is 9.33 Å². The Morgan fingerprint density at radius 2 is 2.05 bits per heavy atom. The van der Waals surface area contributed by atoms with Crippen LogP contribution in [0.25, 0.3) is 0 Å². The third-order valence-electron chi connectivity index (χ3n) is 5.13. The van der Waals surface area contributed by atoms with Gasteiger partial charge in [0.1, 0.15) is 0 Å². The van der Waals surface area contributed by atoms with E-state index in [4.69, 9.17) is 4.43 Å². The van der Waals surface area contributed by atoms with Gasteiger partial charge in [0.15, 0.2) is 8.32 Å². The van der Waals surface area contributed by atoms with Crippen LogP contribution in [0.3, 0.4) is 0 Å². The Hall–Kier alpha value is -0.613. The third-order valence-corrected chi connectivity index (χ3v) is 9.61. The van der Waals surface area contributed by atoms with Crippen molar-refractivity contribution in [1.29, 1.82) is 0 Å². The lowest BCUT2D eigenvalue weighted by molar-refractivity contribution is -0.122. The Labute approximate surface area is 125 Å². The SMILES string of the molecule is C=C1CCN(C=O)C1(CCC)CO[Si](C)(C)C(C)(C)C. The zero-order chi connectivity index (χ0) is 15.6. The summed E-state index contributed by atoms with van der Waals surface area (Å²) in [6.07, 6.45) is 3.85. The van der Waals surface area contributed by atoms with Crippen LogP contribution in [0.1, 0.15) is 47.0 Å². The fourth-order valence-corrected chi connectivity index (χ4v) is 3.60. The van der Waals surface area contributed by atoms with Gasteiger partial charge >= 0.3 is 0 Å². The monoisotopic (exact) mass is 297 g/mol. The summed E-state index contributed by atoms with van der Waals surface area (Å²) in [7, 11) is -1.80. The molecule has 0 spiro atoms. The van der Waals surface area contributed by atoms with E-state index in [-0.39, 0.29) is 10.6 Å². The normalized spacial score (nSPS) is 24.3. The molecule has 0 N–H and O–H groups in total. The van der Waals surface area contributed by atoms with Crippen LogP contribution in [0.15, 0.2) is 12.2 Å². The van der Waals surface area contributed by atoms with Crippen molar-refractivity contribution in [3.8, 4) is 0 Å². The molecule has 0 aromatic rings. The maximum absolute atomic E-state index is 11.4. The molecule has 0 aliphatic carbocycles. The zero-order valence-corrected chi connectivity index (χ0v) is 15.1. The van der Waals surface area contributed by atoms with E-state index in [1.165, 1.54) is 0 Å². The Balaban J connectivity index is 2.93. The maximum atomic E-state index is 11.4. The molecule has 0 bridgehead atoms. The minimum atomic E-state index is -1.80. The van der Waals surface area contributed by atoms with Crippen LogP contribution >= 0.6 is 0 Å². The minimum Gasteiger partial charge on any atom is -0.414 e. The second-order valence-corrected chi connectivity index (χ2v) is 12.3. The fourth-order valence-electron chi connectivity index (χ4n) is 2.57. The van der Waals surface area contributed by atoms with Crippen molar-refractivity contribution in [2.24, 2.45) is 0 Å². The molecule has 0 aromatic heterocycles. The lowest BCUT2D eigenvalue weighted by Gasteiger charge is -2.43. The van der Waals surface area contributed by atoms with E-state index >= 15 is 0 Å². The molecule has 1 amide bonds. The number of hydrogen-bond donors (Lipinski definition) is 0. The van der Waals surface area contributed by atoms with Gasteiger partial charge in [0, 0.05) is 6.54 Å². The van der Waals surface area contributed by atoms with Gasteiger partial charge in [0.25, 0.3) is 0 Å². The zero-order valence-electron chi connectivity index (χ0n) is 14.1. The molecular formula is C16H31NO2Si. The standard InChI is InChI=1S/C16H31NO2Si/c1-8-10-16(14(2)9-11-17(16)13-18)12-19-20(6,7)15(3,4)5/h13H,2,8-12H2,1,3-7H3. The first-order valence-electron chi connectivity index (χ1n) is 7.65. The summed E-state index contributed by atoms with van der Waals surface area (Å²) < 4.78 is 6.41. The maximum Gasteiger partial charge on any atom is 0.210 e. The van der Waals surface area contributed by atoms with E-state index in [0.29, 0.717) is 6.61 Å². The molecule has 1 aliphatic rings. The van der Waals surface area contributed by atoms with E-state index in [9.17, 15) is 4.79 Å². The predicted octanol–water partition coefficient (Wildman–Crippen LogP) is 3.97. The molecular weight excluding hydrogens is 266 g/mol. The lowest BCUT2D eigenvalue weighted by atomic mass is 9.88. The summed E-state index contributed by atoms with van der Waals surface area (Å²) in [5.41, 5.74) is 0.886. The van der Waals surface area contributed by atoms with Gasteiger partial charge in [-0.05, 0) is 36.5 Å². The van der Waals surface area contributed by atoms with Crippen LogP contribution < -0.4 is 0 Å². The van der Waals surface area contributed by atoms with Gasteiger partial charge in [-0.3, -0.25) is 4.79 Å². The highest BCUT2D eigenvalue weighted by atomic mass is 28.4. The second-order valence-electron chi connectivity index (χ2n) is 7.48. The van der Waals surface area contributed by atoms with Crippen LogP contribution in [0.2, 0.25) is 18.1 Å². The van der Waals surface area contributed by atoms with Gasteiger partial charge in [-0.25, -0.2) is 0 Å². The average molecular weight is 298 g/mol. The Morgan fingerprint density at radius 1 is 1.45 bits per heavy atom. The number of carbonyl (C=O) groups excluding carboxylic acids is 1. The van der Waals surface area contributed by atoms with Crippen LogP contribution in [0, 0.1) is 0 Å². The third kappa shape index (κ3) is 3.17. The molecule has 0 saturated carbocycles. The van der Waals surface area contributed by atoms with E-state index in [0.717, 1.165) is 37.8 Å². The molecule has 4 heteroatoms. The first-order chi connectivity index (χ1) is 9.10. The number of carbonyl (C=O) groups is 1. The Kier molecular flexibility index (Phi) is 5.25. The summed E-state index contributed by atoms with van der Waals surface area (Å²) in [5.74, 6) is 0. The van der Waals surface area contributed by atoms with Crippen molar-refractivity contribution in [2.45, 2.75) is 70.6 Å². The van der Waals surface area contributed by atoms with Gasteiger partial charge in [0.05, 0.1) is 12.1 Å². The quantitative estimate of drug-likeness (QED) is 0.422. The van der Waals surface area contributed by atoms with E-state index < -0.39 is 8.32 Å². The molecule has 0 radical (unpaired) electrons. The molecule has 1 heterocycles. The van der Waals surface area contributed by atoms with Crippen molar-refractivity contribution < 1.29 is 9.22 Å². The summed E-state index contributed by atoms with van der Waals surface area (Å²) in [6, 6.07) is 0. The second kappa shape index (κ2) is 6.02. The molecule has 1 atom stereocenters. The highest BCUT2D eigenvalue weighted by molar-refractivity contribution is 6.74. The molecule has 1 unspecified atom stereocenters. The molecule has 1 saturated heterocycles. The van der Waals surface area contributed by atoms with Crippen molar-refractivity contribution in [3.05, 3.63) is 12.2 Å². The molecule has 0 aromatic carbocycles. The summed E-state index contributed by atoms with van der Waals surface area (Å²) in [4.78, 5) is 13.3. The van der Waals surface area contributed by atoms with Crippen LogP contribution in [-0.2, 0) is 9.22 Å². The smallest absolute Gasteiger partial charge is 0.210 e. The first-order valence-corrected chi connectivity index (χ1v) is 10.6. The molecule has 1 fully saturated rings. The van der Waals surface area contributed by atoms with Gasteiger partial charge in [-0.2, -0.15) is 0 Å². The molecule has 1 aliphatic heterocycles. The lowest BCUT2D eigenvalue weighted by Crippen LogP contribution is -2.52. The van der Waals surface area contributed by atoms with E-state index in [1.807, 2.05) is 4.90 Å². The van der Waals surface area contributed by atoms with Crippen molar-refractivity contribution in [2.75, 3.05) is 13.2 Å². The van der Waals surface area contributed by atoms with Gasteiger partial charge in [-0.15, -0.1) is 0 Å². The van der Waals surface area contributed by atoms with Crippen LogP contribution in [0.4, 0.5) is 0 Å². The average Bonchev–Trinajstić information content (AvgIpc) is 2.64. The number of amides is 1. The predicted molar refractivity (Wildman–Crippen MR) is 87.3 cm³/mol. The Morgan fingerprint density at radius 3 is 2.50 bits per heavy atom. The number of hydrogen-bond acceptors (Lipinski definition) is 2. The number of likely N-dealkylation sites (tertiary alicyclic amines) is 1. The number of rotatable bonds is 6. The molecule has 1 rings (SSSR count). The summed E-state index contributed by atoms with van der Waals surface area (Å²) >= 11 is 0. The van der Waals surface area contributed by atoms with E-state index in [1.54, 1.807) is 0 Å². The molecule has 20 heavy (non-hydrogen) atoms. The fraction of sp³-hybridized carbons (Fsp3) is 0.812. The van der Waals surface area contributed by atoms with Crippen LogP contribution in [0.5, 0.6) is 0 Å². The molecule has 116 valence electrons. The first kappa shape index (κ1) is 17.4.